The molecule has 1 amide bonds. The van der Waals surface area contributed by atoms with Crippen LogP contribution in [0.4, 0.5) is 18.0 Å². The fourth-order valence-corrected chi connectivity index (χ4v) is 5.17. The Morgan fingerprint density at radius 1 is 1.11 bits per heavy atom. The summed E-state index contributed by atoms with van der Waals surface area (Å²) in [5, 5.41) is 9.08. The standard InChI is InChI=1S/C26H28F3N3O3S/c1-36-18-32-17-25(35-24(32)33)10-12-31(13-11-25)14-15-34-23(20-4-2-19(16-30)3-5-20)21-6-8-22(9-7-21)26(27,28)29/h2-9,23H,10-15,17-18H2,1H3. The van der Waals surface area contributed by atoms with Crippen LogP contribution >= 0.6 is 11.8 Å². The van der Waals surface area contributed by atoms with Crippen LogP contribution in [-0.2, 0) is 15.7 Å². The van der Waals surface area contributed by atoms with Gasteiger partial charge in [0.1, 0.15) is 11.7 Å². The average molecular weight is 520 g/mol. The van der Waals surface area contributed by atoms with E-state index in [0.29, 0.717) is 36.7 Å². The zero-order valence-electron chi connectivity index (χ0n) is 20.0. The van der Waals surface area contributed by atoms with Gasteiger partial charge < -0.3 is 14.4 Å². The van der Waals surface area contributed by atoms with Gasteiger partial charge in [0.15, 0.2) is 0 Å². The molecule has 6 nitrogen and oxygen atoms in total. The lowest BCUT2D eigenvalue weighted by Crippen LogP contribution is -2.47. The molecule has 2 aliphatic heterocycles. The quantitative estimate of drug-likeness (QED) is 0.472. The van der Waals surface area contributed by atoms with Crippen molar-refractivity contribution in [1.82, 2.24) is 9.80 Å². The molecule has 2 aliphatic rings. The number of hydrogen-bond donors (Lipinski definition) is 0. The number of carbonyl (C=O) groups excluding carboxylic acids is 1. The molecule has 0 saturated carbocycles. The molecule has 0 radical (unpaired) electrons. The highest BCUT2D eigenvalue weighted by Gasteiger charge is 2.46. The van der Waals surface area contributed by atoms with Crippen LogP contribution in [0.15, 0.2) is 48.5 Å². The first-order chi connectivity index (χ1) is 17.2. The molecule has 2 fully saturated rings. The van der Waals surface area contributed by atoms with Crippen LogP contribution in [0.2, 0.25) is 0 Å². The zero-order chi connectivity index (χ0) is 25.8. The van der Waals surface area contributed by atoms with Gasteiger partial charge >= 0.3 is 12.3 Å². The van der Waals surface area contributed by atoms with E-state index in [2.05, 4.69) is 11.0 Å². The van der Waals surface area contributed by atoms with Gasteiger partial charge in [-0.25, -0.2) is 4.79 Å². The molecule has 1 unspecified atom stereocenters. The van der Waals surface area contributed by atoms with E-state index >= 15 is 0 Å². The van der Waals surface area contributed by atoms with E-state index in [1.54, 1.807) is 40.9 Å². The smallest absolute Gasteiger partial charge is 0.416 e. The third-order valence-corrected chi connectivity index (χ3v) is 7.24. The van der Waals surface area contributed by atoms with Gasteiger partial charge in [-0.1, -0.05) is 24.3 Å². The van der Waals surface area contributed by atoms with E-state index < -0.39 is 23.4 Å². The van der Waals surface area contributed by atoms with Crippen molar-refractivity contribution in [1.29, 1.82) is 5.26 Å². The summed E-state index contributed by atoms with van der Waals surface area (Å²) in [4.78, 5) is 16.1. The van der Waals surface area contributed by atoms with E-state index in [9.17, 15) is 18.0 Å². The van der Waals surface area contributed by atoms with E-state index in [1.807, 2.05) is 6.26 Å². The van der Waals surface area contributed by atoms with Crippen molar-refractivity contribution in [3.05, 3.63) is 70.8 Å². The Kier molecular flexibility index (Phi) is 8.13. The normalized spacial score (nSPS) is 18.8. The molecule has 0 aromatic heterocycles. The minimum atomic E-state index is -4.41. The topological polar surface area (TPSA) is 65.8 Å². The molecule has 36 heavy (non-hydrogen) atoms. The van der Waals surface area contributed by atoms with Gasteiger partial charge in [0.2, 0.25) is 0 Å². The maximum Gasteiger partial charge on any atom is 0.416 e. The second kappa shape index (κ2) is 11.1. The van der Waals surface area contributed by atoms with E-state index in [4.69, 9.17) is 14.7 Å². The molecule has 0 aliphatic carbocycles. The fourth-order valence-electron chi connectivity index (χ4n) is 4.66. The zero-order valence-corrected chi connectivity index (χ0v) is 20.8. The number of amides is 1. The molecule has 1 atom stereocenters. The van der Waals surface area contributed by atoms with Gasteiger partial charge in [0.25, 0.3) is 0 Å². The van der Waals surface area contributed by atoms with Crippen LogP contribution in [0.5, 0.6) is 0 Å². The number of rotatable bonds is 8. The largest absolute Gasteiger partial charge is 0.441 e. The maximum absolute atomic E-state index is 13.0. The predicted molar refractivity (Wildman–Crippen MR) is 130 cm³/mol. The summed E-state index contributed by atoms with van der Waals surface area (Å²) in [6.07, 6.45) is -1.76. The Morgan fingerprint density at radius 2 is 1.72 bits per heavy atom. The van der Waals surface area contributed by atoms with Crippen LogP contribution in [0, 0.1) is 11.3 Å². The highest BCUT2D eigenvalue weighted by atomic mass is 32.2. The third-order valence-electron chi connectivity index (χ3n) is 6.67. The van der Waals surface area contributed by atoms with Crippen molar-refractivity contribution in [3.63, 3.8) is 0 Å². The number of nitriles is 1. The molecule has 0 N–H and O–H groups in total. The maximum atomic E-state index is 13.0. The summed E-state index contributed by atoms with van der Waals surface area (Å²) >= 11 is 1.59. The van der Waals surface area contributed by atoms with Crippen molar-refractivity contribution >= 4 is 17.9 Å². The number of nitrogens with zero attached hydrogens (tertiary/aromatic N) is 3. The molecule has 4 rings (SSSR count). The number of carbonyl (C=O) groups is 1. The Labute approximate surface area is 213 Å². The first kappa shape index (κ1) is 26.3. The van der Waals surface area contributed by atoms with E-state index in [0.717, 1.165) is 43.6 Å². The number of piperidine rings is 1. The Hall–Kier alpha value is -2.74. The number of halogens is 3. The Balaban J connectivity index is 1.37. The molecule has 2 saturated heterocycles. The summed E-state index contributed by atoms with van der Waals surface area (Å²) in [5.41, 5.74) is 0.733. The van der Waals surface area contributed by atoms with Crippen molar-refractivity contribution in [2.24, 2.45) is 0 Å². The number of hydrogen-bond acceptors (Lipinski definition) is 6. The molecule has 1 spiro atoms. The Morgan fingerprint density at radius 3 is 2.28 bits per heavy atom. The molecule has 2 heterocycles. The molecule has 10 heteroatoms. The lowest BCUT2D eigenvalue weighted by atomic mass is 9.91. The number of benzene rings is 2. The summed E-state index contributed by atoms with van der Waals surface area (Å²) in [5.74, 6) is 0.624. The van der Waals surface area contributed by atoms with Crippen LogP contribution < -0.4 is 0 Å². The predicted octanol–water partition coefficient (Wildman–Crippen LogP) is 5.29. The third kappa shape index (κ3) is 6.14. The second-order valence-electron chi connectivity index (χ2n) is 9.11. The van der Waals surface area contributed by atoms with Crippen molar-refractivity contribution in [2.75, 3.05) is 44.9 Å². The highest BCUT2D eigenvalue weighted by molar-refractivity contribution is 7.98. The summed E-state index contributed by atoms with van der Waals surface area (Å²) in [7, 11) is 0. The van der Waals surface area contributed by atoms with Gasteiger partial charge in [-0.15, -0.1) is 11.8 Å². The van der Waals surface area contributed by atoms with Gasteiger partial charge in [-0.3, -0.25) is 4.90 Å². The minimum absolute atomic E-state index is 0.247. The molecular formula is C26H28F3N3O3S. The van der Waals surface area contributed by atoms with Crippen molar-refractivity contribution in [2.45, 2.75) is 30.7 Å². The van der Waals surface area contributed by atoms with Crippen molar-refractivity contribution < 1.29 is 27.4 Å². The molecule has 0 bridgehead atoms. The van der Waals surface area contributed by atoms with Crippen molar-refractivity contribution in [3.8, 4) is 6.07 Å². The molecule has 2 aromatic rings. The first-order valence-electron chi connectivity index (χ1n) is 11.7. The van der Waals surface area contributed by atoms with Crippen LogP contribution in [0.3, 0.4) is 0 Å². The fraction of sp³-hybridized carbons (Fsp3) is 0.462. The van der Waals surface area contributed by atoms with E-state index in [1.165, 1.54) is 12.1 Å². The number of ether oxygens (including phenoxy) is 2. The second-order valence-corrected chi connectivity index (χ2v) is 9.95. The van der Waals surface area contributed by atoms with Crippen LogP contribution in [-0.4, -0.2) is 66.4 Å². The van der Waals surface area contributed by atoms with Gasteiger partial charge in [-0.2, -0.15) is 18.4 Å². The van der Waals surface area contributed by atoms with Gasteiger partial charge in [0, 0.05) is 32.5 Å². The lowest BCUT2D eigenvalue weighted by Gasteiger charge is -2.37. The number of alkyl halides is 3. The van der Waals surface area contributed by atoms with Crippen LogP contribution in [0.25, 0.3) is 0 Å². The Bertz CT molecular complexity index is 1080. The molecular weight excluding hydrogens is 491 g/mol. The summed E-state index contributed by atoms with van der Waals surface area (Å²) < 4.78 is 51.0. The lowest BCUT2D eigenvalue weighted by molar-refractivity contribution is -0.137. The number of thioether (sulfide) groups is 1. The summed E-state index contributed by atoms with van der Waals surface area (Å²) in [6, 6.07) is 13.9. The van der Waals surface area contributed by atoms with E-state index in [-0.39, 0.29) is 6.09 Å². The number of likely N-dealkylation sites (tertiary alicyclic amines) is 1. The van der Waals surface area contributed by atoms with Crippen LogP contribution in [0.1, 0.15) is 41.2 Å². The monoisotopic (exact) mass is 519 g/mol. The van der Waals surface area contributed by atoms with Gasteiger partial charge in [0.05, 0.1) is 36.2 Å². The average Bonchev–Trinajstić information content (AvgIpc) is 3.17. The molecule has 2 aromatic carbocycles. The summed E-state index contributed by atoms with van der Waals surface area (Å²) in [6.45, 7) is 3.17. The SMILES string of the molecule is CSCN1CC2(CCN(CCOC(c3ccc(C#N)cc3)c3ccc(C(F)(F)F)cc3)CC2)OC1=O. The first-order valence-corrected chi connectivity index (χ1v) is 13.1. The minimum Gasteiger partial charge on any atom is -0.441 e. The molecule has 192 valence electrons. The highest BCUT2D eigenvalue weighted by Crippen LogP contribution is 2.35. The van der Waals surface area contributed by atoms with Gasteiger partial charge in [-0.05, 0) is 41.6 Å².